The standard InChI is InChI=1S/C15H22BFN2O3/c1-14(2)15(3,4)22-16(21-14)12(17)10-11-6-5-8-19(9-7-18)13(11)20/h5-6,8,10H,7,9,18H2,1-4H3. The second-order valence-electron chi connectivity index (χ2n) is 6.37. The molecule has 0 aliphatic carbocycles. The summed E-state index contributed by atoms with van der Waals surface area (Å²) in [7, 11) is -1.10. The predicted octanol–water partition coefficient (Wildman–Crippen LogP) is 1.75. The van der Waals surface area contributed by atoms with Crippen molar-refractivity contribution in [2.75, 3.05) is 6.54 Å². The fourth-order valence-electron chi connectivity index (χ4n) is 2.15. The lowest BCUT2D eigenvalue weighted by molar-refractivity contribution is 0.00578. The molecule has 0 atom stereocenters. The molecule has 0 saturated carbocycles. The van der Waals surface area contributed by atoms with Crippen molar-refractivity contribution in [2.24, 2.45) is 5.73 Å². The van der Waals surface area contributed by atoms with Crippen LogP contribution in [-0.4, -0.2) is 29.4 Å². The van der Waals surface area contributed by atoms with Gasteiger partial charge >= 0.3 is 7.12 Å². The van der Waals surface area contributed by atoms with E-state index in [-0.39, 0.29) is 11.1 Å². The highest BCUT2D eigenvalue weighted by atomic mass is 19.1. The largest absolute Gasteiger partial charge is 0.525 e. The number of rotatable bonds is 4. The van der Waals surface area contributed by atoms with Crippen LogP contribution in [-0.2, 0) is 15.9 Å². The third kappa shape index (κ3) is 3.16. The molecular formula is C15H22BFN2O3. The summed E-state index contributed by atoms with van der Waals surface area (Å²) >= 11 is 0. The lowest BCUT2D eigenvalue weighted by Crippen LogP contribution is -2.41. The second-order valence-corrected chi connectivity index (χ2v) is 6.37. The van der Waals surface area contributed by atoms with E-state index in [1.807, 2.05) is 27.7 Å². The number of hydrogen-bond donors (Lipinski definition) is 1. The first-order valence-electron chi connectivity index (χ1n) is 7.30. The number of aromatic nitrogens is 1. The van der Waals surface area contributed by atoms with E-state index >= 15 is 0 Å². The Morgan fingerprint density at radius 1 is 1.36 bits per heavy atom. The van der Waals surface area contributed by atoms with E-state index in [2.05, 4.69) is 0 Å². The zero-order valence-electron chi connectivity index (χ0n) is 13.4. The van der Waals surface area contributed by atoms with Gasteiger partial charge in [-0.05, 0) is 45.9 Å². The third-order valence-corrected chi connectivity index (χ3v) is 4.19. The molecule has 5 nitrogen and oxygen atoms in total. The van der Waals surface area contributed by atoms with Gasteiger partial charge in [-0.3, -0.25) is 4.79 Å². The number of pyridine rings is 1. The number of nitrogens with two attached hydrogens (primary N) is 1. The van der Waals surface area contributed by atoms with Crippen molar-refractivity contribution in [1.82, 2.24) is 4.57 Å². The van der Waals surface area contributed by atoms with Crippen molar-refractivity contribution in [1.29, 1.82) is 0 Å². The Bertz CT molecular complexity index is 624. The molecule has 120 valence electrons. The van der Waals surface area contributed by atoms with Crippen LogP contribution in [0.15, 0.2) is 28.9 Å². The van der Waals surface area contributed by atoms with Crippen molar-refractivity contribution in [2.45, 2.75) is 45.4 Å². The van der Waals surface area contributed by atoms with Crippen LogP contribution >= 0.6 is 0 Å². The zero-order chi connectivity index (χ0) is 16.5. The van der Waals surface area contributed by atoms with Crippen LogP contribution in [0.1, 0.15) is 33.3 Å². The average molecular weight is 308 g/mol. The third-order valence-electron chi connectivity index (χ3n) is 4.19. The molecule has 0 radical (unpaired) electrons. The Morgan fingerprint density at radius 2 is 1.95 bits per heavy atom. The van der Waals surface area contributed by atoms with Gasteiger partial charge in [-0.1, -0.05) is 0 Å². The highest BCUT2D eigenvalue weighted by molar-refractivity contribution is 6.54. The van der Waals surface area contributed by atoms with Gasteiger partial charge in [0, 0.05) is 24.8 Å². The molecule has 1 aromatic rings. The summed E-state index contributed by atoms with van der Waals surface area (Å²) in [4.78, 5) is 12.2. The Balaban J connectivity index is 2.28. The topological polar surface area (TPSA) is 66.5 Å². The van der Waals surface area contributed by atoms with Crippen LogP contribution in [0.25, 0.3) is 6.08 Å². The van der Waals surface area contributed by atoms with Crippen molar-refractivity contribution in [3.05, 3.63) is 40.0 Å². The van der Waals surface area contributed by atoms with Crippen molar-refractivity contribution < 1.29 is 13.7 Å². The fourth-order valence-corrected chi connectivity index (χ4v) is 2.15. The average Bonchev–Trinajstić information content (AvgIpc) is 2.63. The van der Waals surface area contributed by atoms with E-state index < -0.39 is 24.0 Å². The lowest BCUT2D eigenvalue weighted by atomic mass is 9.87. The molecule has 1 aliphatic heterocycles. The van der Waals surface area contributed by atoms with Crippen molar-refractivity contribution in [3.63, 3.8) is 0 Å². The lowest BCUT2D eigenvalue weighted by Gasteiger charge is -2.32. The smallest absolute Gasteiger partial charge is 0.398 e. The predicted molar refractivity (Wildman–Crippen MR) is 84.9 cm³/mol. The van der Waals surface area contributed by atoms with Gasteiger partial charge in [0.2, 0.25) is 0 Å². The summed E-state index contributed by atoms with van der Waals surface area (Å²) in [5, 5.41) is 0. The summed E-state index contributed by atoms with van der Waals surface area (Å²) in [5.41, 5.74) is 3.52. The highest BCUT2D eigenvalue weighted by Gasteiger charge is 2.53. The van der Waals surface area contributed by atoms with E-state index in [0.717, 1.165) is 6.08 Å². The number of nitrogens with zero attached hydrogens (tertiary/aromatic N) is 1. The summed E-state index contributed by atoms with van der Waals surface area (Å²) in [6, 6.07) is 3.24. The Labute approximate surface area is 130 Å². The Kier molecular flexibility index (Phi) is 4.61. The molecule has 1 saturated heterocycles. The molecule has 2 rings (SSSR count). The van der Waals surface area contributed by atoms with Gasteiger partial charge in [-0.15, -0.1) is 0 Å². The van der Waals surface area contributed by atoms with Gasteiger partial charge in [0.05, 0.1) is 11.2 Å². The van der Waals surface area contributed by atoms with Gasteiger partial charge in [0.15, 0.2) is 0 Å². The van der Waals surface area contributed by atoms with Crippen LogP contribution in [0, 0.1) is 0 Å². The quantitative estimate of drug-likeness (QED) is 0.861. The monoisotopic (exact) mass is 308 g/mol. The SMILES string of the molecule is CC1(C)OB(C(F)=Cc2cccn(CCN)c2=O)OC1(C)C. The normalized spacial score (nSPS) is 20.5. The first-order chi connectivity index (χ1) is 10.2. The van der Waals surface area contributed by atoms with Gasteiger partial charge < -0.3 is 19.6 Å². The zero-order valence-corrected chi connectivity index (χ0v) is 13.4. The van der Waals surface area contributed by atoms with E-state index in [9.17, 15) is 9.18 Å². The maximum atomic E-state index is 14.4. The number of hydrogen-bond acceptors (Lipinski definition) is 4. The van der Waals surface area contributed by atoms with Crippen LogP contribution in [0.5, 0.6) is 0 Å². The summed E-state index contributed by atoms with van der Waals surface area (Å²) < 4.78 is 27.1. The molecule has 1 aromatic heterocycles. The fraction of sp³-hybridized carbons (Fsp3) is 0.533. The molecular weight excluding hydrogens is 286 g/mol. The Hall–Kier alpha value is -1.44. The van der Waals surface area contributed by atoms with Crippen LogP contribution in [0.2, 0.25) is 0 Å². The molecule has 0 spiro atoms. The highest BCUT2D eigenvalue weighted by Crippen LogP contribution is 2.38. The minimum absolute atomic E-state index is 0.239. The number of halogens is 1. The Morgan fingerprint density at radius 3 is 2.50 bits per heavy atom. The van der Waals surface area contributed by atoms with Crippen molar-refractivity contribution >= 4 is 13.2 Å². The van der Waals surface area contributed by atoms with Gasteiger partial charge in [-0.25, -0.2) is 4.39 Å². The van der Waals surface area contributed by atoms with Gasteiger partial charge in [0.1, 0.15) is 5.73 Å². The summed E-state index contributed by atoms with van der Waals surface area (Å²) in [6.07, 6.45) is 2.79. The summed E-state index contributed by atoms with van der Waals surface area (Å²) in [6.45, 7) is 8.10. The molecule has 0 unspecified atom stereocenters. The maximum absolute atomic E-state index is 14.4. The second kappa shape index (κ2) is 5.99. The van der Waals surface area contributed by atoms with E-state index in [1.54, 1.807) is 18.3 Å². The first-order valence-corrected chi connectivity index (χ1v) is 7.30. The first kappa shape index (κ1) is 16.9. The molecule has 0 amide bonds. The van der Waals surface area contributed by atoms with Crippen LogP contribution in [0.4, 0.5) is 4.39 Å². The molecule has 7 heteroatoms. The van der Waals surface area contributed by atoms with Crippen LogP contribution < -0.4 is 11.3 Å². The van der Waals surface area contributed by atoms with E-state index in [0.29, 0.717) is 13.1 Å². The summed E-state index contributed by atoms with van der Waals surface area (Å²) in [5.74, 6) is 0. The molecule has 22 heavy (non-hydrogen) atoms. The van der Waals surface area contributed by atoms with Gasteiger partial charge in [-0.2, -0.15) is 0 Å². The van der Waals surface area contributed by atoms with E-state index in [4.69, 9.17) is 15.0 Å². The maximum Gasteiger partial charge on any atom is 0.525 e. The van der Waals surface area contributed by atoms with Gasteiger partial charge in [0.25, 0.3) is 5.56 Å². The molecule has 1 fully saturated rings. The molecule has 1 aliphatic rings. The molecule has 0 aromatic carbocycles. The molecule has 2 N–H and O–H groups in total. The minimum Gasteiger partial charge on any atom is -0.398 e. The molecule has 2 heterocycles. The van der Waals surface area contributed by atoms with Crippen LogP contribution in [0.3, 0.4) is 0 Å². The van der Waals surface area contributed by atoms with Crippen molar-refractivity contribution in [3.8, 4) is 0 Å². The molecule has 0 bridgehead atoms. The van der Waals surface area contributed by atoms with E-state index in [1.165, 1.54) is 4.57 Å². The minimum atomic E-state index is -1.10.